The SMILES string of the molecule is Cl.Cl.NC1CC2CCCC(C1)C2NC(=O)CC1CN(Cc2ccccc2)CCO1. The Morgan fingerprint density at radius 2 is 1.83 bits per heavy atom. The van der Waals surface area contributed by atoms with Crippen LogP contribution in [-0.2, 0) is 16.1 Å². The van der Waals surface area contributed by atoms with Gasteiger partial charge in [-0.1, -0.05) is 36.8 Å². The van der Waals surface area contributed by atoms with Crippen LogP contribution in [-0.4, -0.2) is 48.7 Å². The summed E-state index contributed by atoms with van der Waals surface area (Å²) in [5.41, 5.74) is 7.52. The quantitative estimate of drug-likeness (QED) is 0.733. The van der Waals surface area contributed by atoms with E-state index in [1.54, 1.807) is 0 Å². The molecule has 1 aromatic rings. The molecular formula is C22H35Cl2N3O2. The number of amides is 1. The Kier molecular flexibility index (Phi) is 9.70. The fraction of sp³-hybridized carbons (Fsp3) is 0.682. The summed E-state index contributed by atoms with van der Waals surface area (Å²) in [7, 11) is 0. The maximum atomic E-state index is 12.7. The van der Waals surface area contributed by atoms with Gasteiger partial charge in [0.15, 0.2) is 0 Å². The van der Waals surface area contributed by atoms with Crippen molar-refractivity contribution in [3.8, 4) is 0 Å². The third kappa shape index (κ3) is 6.56. The predicted molar refractivity (Wildman–Crippen MR) is 121 cm³/mol. The van der Waals surface area contributed by atoms with E-state index in [4.69, 9.17) is 10.5 Å². The van der Waals surface area contributed by atoms with E-state index in [2.05, 4.69) is 34.5 Å². The fourth-order valence-corrected chi connectivity index (χ4v) is 5.37. The number of ether oxygens (including phenoxy) is 1. The normalized spacial score (nSPS) is 31.8. The average molecular weight is 444 g/mol. The summed E-state index contributed by atoms with van der Waals surface area (Å²) < 4.78 is 5.89. The zero-order valence-corrected chi connectivity index (χ0v) is 18.6. The molecule has 1 aromatic carbocycles. The molecule has 1 aliphatic heterocycles. The Hall–Kier alpha value is -0.850. The molecule has 1 heterocycles. The van der Waals surface area contributed by atoms with Crippen molar-refractivity contribution in [2.45, 2.75) is 63.3 Å². The summed E-state index contributed by atoms with van der Waals surface area (Å²) in [5.74, 6) is 1.29. The van der Waals surface area contributed by atoms with Crippen LogP contribution in [0.1, 0.15) is 44.1 Å². The minimum Gasteiger partial charge on any atom is -0.375 e. The number of carbonyl (C=O) groups is 1. The molecule has 3 atom stereocenters. The van der Waals surface area contributed by atoms with Crippen LogP contribution in [0.15, 0.2) is 30.3 Å². The number of hydrogen-bond donors (Lipinski definition) is 2. The van der Waals surface area contributed by atoms with Gasteiger partial charge in [-0.25, -0.2) is 0 Å². The number of halogens is 2. The summed E-state index contributed by atoms with van der Waals surface area (Å²) in [6.45, 7) is 3.38. The molecule has 164 valence electrons. The van der Waals surface area contributed by atoms with Crippen molar-refractivity contribution in [1.82, 2.24) is 10.2 Å². The van der Waals surface area contributed by atoms with Gasteiger partial charge in [-0.3, -0.25) is 9.69 Å². The first kappa shape index (κ1) is 24.4. The van der Waals surface area contributed by atoms with Gasteiger partial charge in [-0.2, -0.15) is 0 Å². The molecule has 1 amide bonds. The van der Waals surface area contributed by atoms with Crippen molar-refractivity contribution in [3.63, 3.8) is 0 Å². The first-order chi connectivity index (χ1) is 13.2. The van der Waals surface area contributed by atoms with E-state index in [1.165, 1.54) is 24.8 Å². The van der Waals surface area contributed by atoms with E-state index in [0.29, 0.717) is 36.9 Å². The number of benzene rings is 1. The maximum Gasteiger partial charge on any atom is 0.222 e. The molecule has 0 radical (unpaired) electrons. The fourth-order valence-electron chi connectivity index (χ4n) is 5.37. The Morgan fingerprint density at radius 1 is 1.14 bits per heavy atom. The van der Waals surface area contributed by atoms with Gasteiger partial charge in [-0.15, -0.1) is 24.8 Å². The first-order valence-corrected chi connectivity index (χ1v) is 10.6. The van der Waals surface area contributed by atoms with Crippen molar-refractivity contribution in [3.05, 3.63) is 35.9 Å². The highest BCUT2D eigenvalue weighted by Gasteiger charge is 2.40. The molecule has 3 N–H and O–H groups in total. The molecule has 0 spiro atoms. The summed E-state index contributed by atoms with van der Waals surface area (Å²) in [4.78, 5) is 15.1. The first-order valence-electron chi connectivity index (χ1n) is 10.6. The van der Waals surface area contributed by atoms with Crippen LogP contribution in [0.2, 0.25) is 0 Å². The minimum absolute atomic E-state index is 0. The van der Waals surface area contributed by atoms with Crippen molar-refractivity contribution < 1.29 is 9.53 Å². The molecular weight excluding hydrogens is 409 g/mol. The maximum absolute atomic E-state index is 12.7. The lowest BCUT2D eigenvalue weighted by atomic mass is 9.67. The van der Waals surface area contributed by atoms with E-state index >= 15 is 0 Å². The van der Waals surface area contributed by atoms with Crippen LogP contribution in [0.3, 0.4) is 0 Å². The van der Waals surface area contributed by atoms with Crippen molar-refractivity contribution in [2.24, 2.45) is 17.6 Å². The lowest BCUT2D eigenvalue weighted by molar-refractivity contribution is -0.128. The van der Waals surface area contributed by atoms with Gasteiger partial charge in [0.2, 0.25) is 5.91 Å². The standard InChI is InChI=1S/C22H33N3O2.2ClH/c23-19-11-17-7-4-8-18(12-19)22(17)24-21(26)13-20-15-25(9-10-27-20)14-16-5-2-1-3-6-16;;/h1-3,5-6,17-20,22H,4,7-15,23H2,(H,24,26);2*1H. The molecule has 2 aliphatic carbocycles. The van der Waals surface area contributed by atoms with E-state index in [-0.39, 0.29) is 36.8 Å². The van der Waals surface area contributed by atoms with Gasteiger partial charge >= 0.3 is 0 Å². The third-order valence-electron chi connectivity index (χ3n) is 6.59. The summed E-state index contributed by atoms with van der Waals surface area (Å²) in [6.07, 6.45) is 6.29. The summed E-state index contributed by atoms with van der Waals surface area (Å²) in [5, 5.41) is 3.36. The topological polar surface area (TPSA) is 67.6 Å². The number of fused-ring (bicyclic) bond motifs is 2. The van der Waals surface area contributed by atoms with E-state index in [9.17, 15) is 4.79 Å². The average Bonchev–Trinajstić information content (AvgIpc) is 2.63. The predicted octanol–water partition coefficient (Wildman–Crippen LogP) is 3.14. The largest absolute Gasteiger partial charge is 0.375 e. The van der Waals surface area contributed by atoms with Crippen LogP contribution in [0.5, 0.6) is 0 Å². The molecule has 3 unspecified atom stereocenters. The van der Waals surface area contributed by atoms with Crippen molar-refractivity contribution in [1.29, 1.82) is 0 Å². The summed E-state index contributed by atoms with van der Waals surface area (Å²) in [6, 6.07) is 11.2. The number of rotatable bonds is 5. The highest BCUT2D eigenvalue weighted by atomic mass is 35.5. The molecule has 2 saturated carbocycles. The van der Waals surface area contributed by atoms with Gasteiger partial charge in [0.25, 0.3) is 0 Å². The molecule has 7 heteroatoms. The van der Waals surface area contributed by atoms with Gasteiger partial charge in [0.05, 0.1) is 19.1 Å². The number of morpholine rings is 1. The van der Waals surface area contributed by atoms with E-state index in [1.807, 2.05) is 6.07 Å². The van der Waals surface area contributed by atoms with Crippen LogP contribution in [0.4, 0.5) is 0 Å². The molecule has 3 aliphatic rings. The minimum atomic E-state index is -0.00634. The number of nitrogens with two attached hydrogens (primary N) is 1. The molecule has 4 rings (SSSR count). The zero-order chi connectivity index (χ0) is 18.6. The highest BCUT2D eigenvalue weighted by molar-refractivity contribution is 5.85. The van der Waals surface area contributed by atoms with Crippen molar-refractivity contribution >= 4 is 30.7 Å². The second-order valence-corrected chi connectivity index (χ2v) is 8.69. The Labute approximate surface area is 186 Å². The van der Waals surface area contributed by atoms with Crippen LogP contribution < -0.4 is 11.1 Å². The molecule has 0 aromatic heterocycles. The molecule has 2 bridgehead atoms. The van der Waals surface area contributed by atoms with Crippen LogP contribution >= 0.6 is 24.8 Å². The zero-order valence-electron chi connectivity index (χ0n) is 17.0. The van der Waals surface area contributed by atoms with Crippen LogP contribution in [0, 0.1) is 11.8 Å². The second-order valence-electron chi connectivity index (χ2n) is 8.69. The lowest BCUT2D eigenvalue weighted by Crippen LogP contribution is -2.54. The van der Waals surface area contributed by atoms with Crippen LogP contribution in [0.25, 0.3) is 0 Å². The lowest BCUT2D eigenvalue weighted by Gasteiger charge is -2.45. The number of nitrogens with one attached hydrogen (secondary N) is 1. The van der Waals surface area contributed by atoms with Gasteiger partial charge in [-0.05, 0) is 43.1 Å². The molecule has 5 nitrogen and oxygen atoms in total. The summed E-state index contributed by atoms with van der Waals surface area (Å²) >= 11 is 0. The molecule has 3 fully saturated rings. The van der Waals surface area contributed by atoms with Gasteiger partial charge in [0, 0.05) is 31.7 Å². The van der Waals surface area contributed by atoms with Crippen molar-refractivity contribution in [2.75, 3.05) is 19.7 Å². The Morgan fingerprint density at radius 3 is 2.52 bits per heavy atom. The second kappa shape index (κ2) is 11.5. The Balaban J connectivity index is 0.00000150. The number of nitrogens with zero attached hydrogens (tertiary/aromatic N) is 1. The molecule has 29 heavy (non-hydrogen) atoms. The smallest absolute Gasteiger partial charge is 0.222 e. The molecule has 1 saturated heterocycles. The number of hydrogen-bond acceptors (Lipinski definition) is 4. The number of carbonyl (C=O) groups excluding carboxylic acids is 1. The Bertz CT molecular complexity index is 620. The monoisotopic (exact) mass is 443 g/mol. The highest BCUT2D eigenvalue weighted by Crippen LogP contribution is 2.39. The van der Waals surface area contributed by atoms with E-state index in [0.717, 1.165) is 32.5 Å². The van der Waals surface area contributed by atoms with Gasteiger partial charge in [0.1, 0.15) is 0 Å². The third-order valence-corrected chi connectivity index (χ3v) is 6.59. The van der Waals surface area contributed by atoms with E-state index < -0.39 is 0 Å². The van der Waals surface area contributed by atoms with Gasteiger partial charge < -0.3 is 15.8 Å².